The number of carbonyl (C=O) groups is 2. The van der Waals surface area contributed by atoms with E-state index in [2.05, 4.69) is 22.4 Å². The minimum absolute atomic E-state index is 0.0442. The number of nitrogens with zero attached hydrogens (tertiary/aromatic N) is 1. The predicted octanol–water partition coefficient (Wildman–Crippen LogP) is 4.87. The summed E-state index contributed by atoms with van der Waals surface area (Å²) < 4.78 is 4.78. The summed E-state index contributed by atoms with van der Waals surface area (Å²) in [6.45, 7) is 2.01. The zero-order valence-electron chi connectivity index (χ0n) is 19.2. The van der Waals surface area contributed by atoms with Crippen molar-refractivity contribution in [2.45, 2.75) is 38.6 Å². The van der Waals surface area contributed by atoms with Gasteiger partial charge in [0.15, 0.2) is 0 Å². The average Bonchev–Trinajstić information content (AvgIpc) is 2.83. The average molecular weight is 443 g/mol. The Labute approximate surface area is 195 Å². The maximum Gasteiger partial charge on any atom is 0.305 e. The summed E-state index contributed by atoms with van der Waals surface area (Å²) in [5.41, 5.74) is 4.91. The quantitative estimate of drug-likeness (QED) is 0.455. The van der Waals surface area contributed by atoms with Crippen LogP contribution in [0.1, 0.15) is 42.1 Å². The number of carbonyl (C=O) groups excluding carboxylic acids is 2. The van der Waals surface area contributed by atoms with E-state index in [0.717, 1.165) is 23.1 Å². The summed E-state index contributed by atoms with van der Waals surface area (Å²) >= 11 is 0. The number of amides is 1. The summed E-state index contributed by atoms with van der Waals surface area (Å²) in [5.74, 6) is -0.282. The highest BCUT2D eigenvalue weighted by Gasteiger charge is 2.10. The lowest BCUT2D eigenvalue weighted by atomic mass is 9.99. The molecule has 1 aromatic heterocycles. The molecular weight excluding hydrogens is 412 g/mol. The van der Waals surface area contributed by atoms with Crippen LogP contribution < -0.4 is 5.32 Å². The van der Waals surface area contributed by atoms with Crippen LogP contribution in [0.15, 0.2) is 79.0 Å². The van der Waals surface area contributed by atoms with Gasteiger partial charge in [0, 0.05) is 24.4 Å². The van der Waals surface area contributed by atoms with Gasteiger partial charge in [-0.1, -0.05) is 66.7 Å². The Morgan fingerprint density at radius 3 is 2.30 bits per heavy atom. The van der Waals surface area contributed by atoms with Gasteiger partial charge in [0.1, 0.15) is 0 Å². The van der Waals surface area contributed by atoms with Crippen molar-refractivity contribution < 1.29 is 14.3 Å². The number of esters is 1. The Balaban J connectivity index is 1.61. The molecule has 2 aromatic carbocycles. The molecule has 0 aliphatic rings. The minimum Gasteiger partial charge on any atom is -0.469 e. The molecule has 0 saturated carbocycles. The molecule has 1 unspecified atom stereocenters. The molecule has 0 aliphatic heterocycles. The summed E-state index contributed by atoms with van der Waals surface area (Å²) in [6.07, 6.45) is 5.69. The van der Waals surface area contributed by atoms with Crippen LogP contribution in [-0.4, -0.2) is 30.0 Å². The molecule has 3 rings (SSSR count). The van der Waals surface area contributed by atoms with Crippen molar-refractivity contribution in [1.29, 1.82) is 0 Å². The van der Waals surface area contributed by atoms with E-state index in [1.165, 1.54) is 12.7 Å². The minimum atomic E-state index is -0.238. The third-order valence-electron chi connectivity index (χ3n) is 5.29. The van der Waals surface area contributed by atoms with E-state index >= 15 is 0 Å². The van der Waals surface area contributed by atoms with Gasteiger partial charge in [-0.05, 0) is 54.2 Å². The Morgan fingerprint density at radius 2 is 1.67 bits per heavy atom. The number of pyridine rings is 1. The van der Waals surface area contributed by atoms with Crippen molar-refractivity contribution in [3.8, 4) is 0 Å². The SMILES string of the molecule is COC(=O)CCC(=Cc1ccc(CC(=O)NC(C)Cc2ccccc2)nc1)c1ccccc1. The Morgan fingerprint density at radius 1 is 0.970 bits per heavy atom. The van der Waals surface area contributed by atoms with Crippen LogP contribution in [0.3, 0.4) is 0 Å². The lowest BCUT2D eigenvalue weighted by molar-refractivity contribution is -0.140. The number of rotatable bonds is 10. The van der Waals surface area contributed by atoms with Gasteiger partial charge in [-0.2, -0.15) is 0 Å². The first-order valence-corrected chi connectivity index (χ1v) is 11.1. The lowest BCUT2D eigenvalue weighted by Crippen LogP contribution is -2.35. The number of nitrogens with one attached hydrogen (secondary N) is 1. The van der Waals surface area contributed by atoms with E-state index in [1.54, 1.807) is 6.20 Å². The lowest BCUT2D eigenvalue weighted by Gasteiger charge is -2.14. The van der Waals surface area contributed by atoms with Crippen LogP contribution in [0, 0.1) is 0 Å². The van der Waals surface area contributed by atoms with E-state index in [-0.39, 0.29) is 24.3 Å². The Kier molecular flexibility index (Phi) is 8.95. The smallest absolute Gasteiger partial charge is 0.305 e. The van der Waals surface area contributed by atoms with Crippen LogP contribution in [0.4, 0.5) is 0 Å². The monoisotopic (exact) mass is 442 g/mol. The summed E-state index contributed by atoms with van der Waals surface area (Å²) in [5, 5.41) is 3.04. The number of allylic oxidation sites excluding steroid dienone is 1. The van der Waals surface area contributed by atoms with E-state index < -0.39 is 0 Å². The molecule has 1 N–H and O–H groups in total. The number of ether oxygens (including phenoxy) is 1. The summed E-state index contributed by atoms with van der Waals surface area (Å²) in [7, 11) is 1.40. The van der Waals surface area contributed by atoms with Gasteiger partial charge in [0.05, 0.1) is 13.5 Å². The van der Waals surface area contributed by atoms with Crippen molar-refractivity contribution in [1.82, 2.24) is 10.3 Å². The fourth-order valence-electron chi connectivity index (χ4n) is 3.63. The number of methoxy groups -OCH3 is 1. The Hall–Kier alpha value is -3.73. The second-order valence-corrected chi connectivity index (χ2v) is 8.03. The maximum atomic E-state index is 12.4. The molecule has 0 saturated heterocycles. The number of aromatic nitrogens is 1. The van der Waals surface area contributed by atoms with E-state index in [1.807, 2.05) is 73.7 Å². The van der Waals surface area contributed by atoms with Crippen molar-refractivity contribution in [3.05, 3.63) is 101 Å². The van der Waals surface area contributed by atoms with Crippen LogP contribution >= 0.6 is 0 Å². The van der Waals surface area contributed by atoms with Gasteiger partial charge in [0.25, 0.3) is 0 Å². The number of hydrogen-bond donors (Lipinski definition) is 1. The van der Waals surface area contributed by atoms with Crippen molar-refractivity contribution >= 4 is 23.5 Å². The van der Waals surface area contributed by atoms with Gasteiger partial charge in [0.2, 0.25) is 5.91 Å². The van der Waals surface area contributed by atoms with Crippen LogP contribution in [0.2, 0.25) is 0 Å². The largest absolute Gasteiger partial charge is 0.469 e. The first-order valence-electron chi connectivity index (χ1n) is 11.1. The van der Waals surface area contributed by atoms with Gasteiger partial charge >= 0.3 is 5.97 Å². The second-order valence-electron chi connectivity index (χ2n) is 8.03. The zero-order valence-corrected chi connectivity index (χ0v) is 19.2. The van der Waals surface area contributed by atoms with Crippen LogP contribution in [-0.2, 0) is 27.2 Å². The molecule has 0 fully saturated rings. The van der Waals surface area contributed by atoms with E-state index in [0.29, 0.717) is 18.5 Å². The van der Waals surface area contributed by atoms with E-state index in [4.69, 9.17) is 4.74 Å². The van der Waals surface area contributed by atoms with Crippen molar-refractivity contribution in [2.75, 3.05) is 7.11 Å². The number of hydrogen-bond acceptors (Lipinski definition) is 4. The first kappa shape index (κ1) is 23.9. The fraction of sp³-hybridized carbons (Fsp3) is 0.250. The van der Waals surface area contributed by atoms with Crippen molar-refractivity contribution in [2.24, 2.45) is 0 Å². The van der Waals surface area contributed by atoms with Crippen LogP contribution in [0.25, 0.3) is 11.6 Å². The van der Waals surface area contributed by atoms with Gasteiger partial charge in [-0.25, -0.2) is 0 Å². The van der Waals surface area contributed by atoms with E-state index in [9.17, 15) is 9.59 Å². The van der Waals surface area contributed by atoms with Gasteiger partial charge < -0.3 is 10.1 Å². The molecule has 5 nitrogen and oxygen atoms in total. The zero-order chi connectivity index (χ0) is 23.5. The van der Waals surface area contributed by atoms with Crippen LogP contribution in [0.5, 0.6) is 0 Å². The second kappa shape index (κ2) is 12.3. The third-order valence-corrected chi connectivity index (χ3v) is 5.29. The first-order chi connectivity index (χ1) is 16.0. The molecule has 0 aliphatic carbocycles. The fourth-order valence-corrected chi connectivity index (χ4v) is 3.63. The highest BCUT2D eigenvalue weighted by molar-refractivity contribution is 5.83. The maximum absolute atomic E-state index is 12.4. The molecule has 0 bridgehead atoms. The topological polar surface area (TPSA) is 68.3 Å². The number of benzene rings is 2. The summed E-state index contributed by atoms with van der Waals surface area (Å²) in [6, 6.07) is 23.9. The van der Waals surface area contributed by atoms with Gasteiger partial charge in [-0.3, -0.25) is 14.6 Å². The standard InChI is InChI=1S/C28H30N2O3/c1-21(17-22-9-5-3-6-10-22)30-27(31)19-26-15-13-23(20-29-26)18-25(14-16-28(32)33-2)24-11-7-4-8-12-24/h3-13,15,18,20-21H,14,16-17,19H2,1-2H3,(H,30,31). The van der Waals surface area contributed by atoms with Gasteiger partial charge in [-0.15, -0.1) is 0 Å². The third kappa shape index (κ3) is 8.04. The molecule has 0 radical (unpaired) electrons. The molecule has 1 heterocycles. The molecule has 1 amide bonds. The normalized spacial score (nSPS) is 12.1. The molecular formula is C28H30N2O3. The molecule has 3 aromatic rings. The van der Waals surface area contributed by atoms with Crippen molar-refractivity contribution in [3.63, 3.8) is 0 Å². The summed E-state index contributed by atoms with van der Waals surface area (Å²) in [4.78, 5) is 28.5. The molecule has 5 heteroatoms. The predicted molar refractivity (Wildman–Crippen MR) is 131 cm³/mol. The molecule has 0 spiro atoms. The highest BCUT2D eigenvalue weighted by Crippen LogP contribution is 2.23. The molecule has 170 valence electrons. The highest BCUT2D eigenvalue weighted by atomic mass is 16.5. The Bertz CT molecular complexity index is 1060. The molecule has 1 atom stereocenters. The molecule has 33 heavy (non-hydrogen) atoms.